The average Bonchev–Trinajstić information content (AvgIpc) is 2.93. The summed E-state index contributed by atoms with van der Waals surface area (Å²) in [6.45, 7) is 0. The van der Waals surface area contributed by atoms with Gasteiger partial charge in [-0.15, -0.1) is 11.3 Å². The highest BCUT2D eigenvalue weighted by molar-refractivity contribution is 9.09. The van der Waals surface area contributed by atoms with Crippen molar-refractivity contribution in [3.8, 4) is 0 Å². The van der Waals surface area contributed by atoms with Crippen LogP contribution >= 0.6 is 50.5 Å². The lowest BCUT2D eigenvalue weighted by molar-refractivity contribution is 0.314. The van der Waals surface area contributed by atoms with Crippen molar-refractivity contribution in [1.29, 1.82) is 0 Å². The van der Waals surface area contributed by atoms with E-state index in [9.17, 15) is 0 Å². The topological polar surface area (TPSA) is 0 Å². The highest BCUT2D eigenvalue weighted by Gasteiger charge is 2.40. The molecule has 4 unspecified atom stereocenters. The smallest absolute Gasteiger partial charge is 0.0987 e. The zero-order chi connectivity index (χ0) is 12.0. The number of alkyl halides is 1. The van der Waals surface area contributed by atoms with Gasteiger partial charge in [0, 0.05) is 4.83 Å². The molecule has 1 aromatic heterocycles. The van der Waals surface area contributed by atoms with E-state index in [0.29, 0.717) is 4.83 Å². The Balaban J connectivity index is 1.67. The Bertz CT molecular complexity index is 418. The third-order valence-corrected chi connectivity index (χ3v) is 6.80. The van der Waals surface area contributed by atoms with Crippen molar-refractivity contribution in [1.82, 2.24) is 0 Å². The molecule has 0 nitrogen and oxygen atoms in total. The van der Waals surface area contributed by atoms with Crippen LogP contribution in [0.15, 0.2) is 6.07 Å². The molecule has 4 heteroatoms. The third-order valence-electron chi connectivity index (χ3n) is 4.41. The van der Waals surface area contributed by atoms with E-state index in [-0.39, 0.29) is 0 Å². The summed E-state index contributed by atoms with van der Waals surface area (Å²) in [4.78, 5) is 0.378. The molecular formula is C13H15BrCl2S. The quantitative estimate of drug-likeness (QED) is 0.558. The lowest BCUT2D eigenvalue weighted by atomic mass is 9.85. The zero-order valence-corrected chi connectivity index (χ0v) is 13.4. The molecule has 17 heavy (non-hydrogen) atoms. The SMILES string of the molecule is Clc1cc(C(Br)CC2CC3CCC2C3)c(Cl)s1. The molecule has 2 fully saturated rings. The van der Waals surface area contributed by atoms with Gasteiger partial charge < -0.3 is 0 Å². The number of thiophene rings is 1. The molecule has 0 amide bonds. The molecule has 4 atom stereocenters. The van der Waals surface area contributed by atoms with Crippen LogP contribution < -0.4 is 0 Å². The number of hydrogen-bond donors (Lipinski definition) is 0. The predicted octanol–water partition coefficient (Wildman–Crippen LogP) is 6.32. The summed E-state index contributed by atoms with van der Waals surface area (Å²) in [5.74, 6) is 2.90. The van der Waals surface area contributed by atoms with Gasteiger partial charge in [0.15, 0.2) is 0 Å². The Morgan fingerprint density at radius 1 is 1.35 bits per heavy atom. The van der Waals surface area contributed by atoms with Crippen LogP contribution in [0.1, 0.15) is 42.5 Å². The summed E-state index contributed by atoms with van der Waals surface area (Å²) in [6, 6.07) is 2.02. The maximum Gasteiger partial charge on any atom is 0.0987 e. The van der Waals surface area contributed by atoms with Crippen molar-refractivity contribution >= 4 is 50.5 Å². The van der Waals surface area contributed by atoms with E-state index in [1.165, 1.54) is 49.0 Å². The summed E-state index contributed by atoms with van der Waals surface area (Å²) in [5, 5.41) is 0. The van der Waals surface area contributed by atoms with Crippen LogP contribution in [0.5, 0.6) is 0 Å². The van der Waals surface area contributed by atoms with Crippen LogP contribution in [0.2, 0.25) is 8.67 Å². The molecule has 2 aliphatic carbocycles. The standard InChI is InChI=1S/C13H15BrCl2S/c14-11(10-6-12(15)17-13(10)16)5-9-4-7-1-2-8(9)3-7/h6-9,11H,1-5H2. The molecule has 2 aliphatic rings. The largest absolute Gasteiger partial charge is 0.111 e. The van der Waals surface area contributed by atoms with Crippen LogP contribution in [0, 0.1) is 17.8 Å². The molecule has 1 aromatic rings. The van der Waals surface area contributed by atoms with Crippen LogP contribution in [-0.4, -0.2) is 0 Å². The van der Waals surface area contributed by atoms with Gasteiger partial charge in [0.2, 0.25) is 0 Å². The molecule has 0 saturated heterocycles. The molecule has 1 heterocycles. The van der Waals surface area contributed by atoms with Gasteiger partial charge in [-0.1, -0.05) is 45.6 Å². The van der Waals surface area contributed by atoms with Gasteiger partial charge in [0.1, 0.15) is 0 Å². The van der Waals surface area contributed by atoms with Crippen molar-refractivity contribution < 1.29 is 0 Å². The fraction of sp³-hybridized carbons (Fsp3) is 0.692. The summed E-state index contributed by atoms with van der Waals surface area (Å²) in [5.41, 5.74) is 1.18. The number of rotatable bonds is 3. The lowest BCUT2D eigenvalue weighted by Crippen LogP contribution is -2.12. The number of fused-ring (bicyclic) bond motifs is 2. The first-order valence-corrected chi connectivity index (χ1v) is 8.71. The van der Waals surface area contributed by atoms with Crippen molar-refractivity contribution in [2.45, 2.75) is 36.9 Å². The Hall–Kier alpha value is 0.760. The maximum atomic E-state index is 6.21. The fourth-order valence-corrected chi connectivity index (χ4v) is 6.33. The van der Waals surface area contributed by atoms with E-state index in [1.54, 1.807) is 0 Å². The van der Waals surface area contributed by atoms with E-state index in [2.05, 4.69) is 15.9 Å². The molecule has 94 valence electrons. The molecule has 0 radical (unpaired) electrons. The Labute approximate surface area is 125 Å². The Morgan fingerprint density at radius 2 is 2.18 bits per heavy atom. The van der Waals surface area contributed by atoms with E-state index in [0.717, 1.165) is 26.4 Å². The minimum atomic E-state index is 0.378. The first kappa shape index (κ1) is 12.8. The first-order valence-electron chi connectivity index (χ1n) is 6.22. The van der Waals surface area contributed by atoms with E-state index in [1.807, 2.05) is 6.07 Å². The molecule has 0 aliphatic heterocycles. The van der Waals surface area contributed by atoms with Gasteiger partial charge in [-0.3, -0.25) is 0 Å². The van der Waals surface area contributed by atoms with Crippen molar-refractivity contribution in [3.63, 3.8) is 0 Å². The molecule has 0 aromatic carbocycles. The normalized spacial score (nSPS) is 33.2. The Morgan fingerprint density at radius 3 is 2.71 bits per heavy atom. The van der Waals surface area contributed by atoms with Crippen molar-refractivity contribution in [2.75, 3.05) is 0 Å². The van der Waals surface area contributed by atoms with Gasteiger partial charge in [-0.25, -0.2) is 0 Å². The Kier molecular flexibility index (Phi) is 3.78. The second-order valence-corrected chi connectivity index (χ2v) is 8.81. The summed E-state index contributed by atoms with van der Waals surface area (Å²) >= 11 is 17.5. The molecular weight excluding hydrogens is 339 g/mol. The second-order valence-electron chi connectivity index (χ2n) is 5.42. The summed E-state index contributed by atoms with van der Waals surface area (Å²) < 4.78 is 1.64. The van der Waals surface area contributed by atoms with Crippen LogP contribution in [0.4, 0.5) is 0 Å². The number of hydrogen-bond acceptors (Lipinski definition) is 1. The molecule has 2 bridgehead atoms. The van der Waals surface area contributed by atoms with Crippen LogP contribution in [0.25, 0.3) is 0 Å². The predicted molar refractivity (Wildman–Crippen MR) is 79.6 cm³/mol. The summed E-state index contributed by atoms with van der Waals surface area (Å²) in [6.07, 6.45) is 7.05. The summed E-state index contributed by atoms with van der Waals surface area (Å²) in [7, 11) is 0. The van der Waals surface area contributed by atoms with Crippen molar-refractivity contribution in [3.05, 3.63) is 20.3 Å². The maximum absolute atomic E-state index is 6.21. The van der Waals surface area contributed by atoms with Gasteiger partial charge in [0.05, 0.1) is 8.67 Å². The minimum absolute atomic E-state index is 0.378. The van der Waals surface area contributed by atoms with Gasteiger partial charge in [0.25, 0.3) is 0 Å². The second kappa shape index (κ2) is 5.03. The molecule has 3 rings (SSSR count). The molecule has 2 saturated carbocycles. The minimum Gasteiger partial charge on any atom is -0.111 e. The van der Waals surface area contributed by atoms with Gasteiger partial charge >= 0.3 is 0 Å². The lowest BCUT2D eigenvalue weighted by Gasteiger charge is -2.23. The molecule has 0 N–H and O–H groups in total. The van der Waals surface area contributed by atoms with E-state index in [4.69, 9.17) is 23.2 Å². The molecule has 0 spiro atoms. The monoisotopic (exact) mass is 352 g/mol. The van der Waals surface area contributed by atoms with Gasteiger partial charge in [-0.2, -0.15) is 0 Å². The zero-order valence-electron chi connectivity index (χ0n) is 9.46. The van der Waals surface area contributed by atoms with Crippen molar-refractivity contribution in [2.24, 2.45) is 17.8 Å². The highest BCUT2D eigenvalue weighted by atomic mass is 79.9. The third kappa shape index (κ3) is 2.56. The van der Waals surface area contributed by atoms with E-state index < -0.39 is 0 Å². The van der Waals surface area contributed by atoms with Gasteiger partial charge in [-0.05, 0) is 55.1 Å². The van der Waals surface area contributed by atoms with E-state index >= 15 is 0 Å². The fourth-order valence-electron chi connectivity index (χ4n) is 3.62. The highest BCUT2D eigenvalue weighted by Crippen LogP contribution is 2.52. The number of halogens is 3. The first-order chi connectivity index (χ1) is 8.13. The average molecular weight is 354 g/mol. The van der Waals surface area contributed by atoms with Crippen LogP contribution in [0.3, 0.4) is 0 Å². The van der Waals surface area contributed by atoms with Crippen LogP contribution in [-0.2, 0) is 0 Å².